The van der Waals surface area contributed by atoms with Gasteiger partial charge in [0, 0.05) is 19.4 Å². The molecule has 0 amide bonds. The van der Waals surface area contributed by atoms with E-state index in [4.69, 9.17) is 0 Å². The molecule has 0 saturated carbocycles. The van der Waals surface area contributed by atoms with Crippen LogP contribution in [0.25, 0.3) is 12.2 Å². The smallest absolute Gasteiger partial charge is 0.274 e. The van der Waals surface area contributed by atoms with Gasteiger partial charge in [-0.3, -0.25) is 19.4 Å². The highest BCUT2D eigenvalue weighted by atomic mass is 16.3. The van der Waals surface area contributed by atoms with Crippen molar-refractivity contribution in [2.75, 3.05) is 19.6 Å². The number of rotatable bonds is 10. The number of hydrogen-bond acceptors (Lipinski definition) is 5. The summed E-state index contributed by atoms with van der Waals surface area (Å²) in [6.07, 6.45) is 10.8. The maximum atomic E-state index is 13.0. The molecule has 0 bridgehead atoms. The molecule has 1 fully saturated rings. The summed E-state index contributed by atoms with van der Waals surface area (Å²) in [4.78, 5) is 35.3. The van der Waals surface area contributed by atoms with Crippen LogP contribution in [-0.4, -0.2) is 49.4 Å². The molecule has 34 heavy (non-hydrogen) atoms. The largest absolute Gasteiger partial charge is 0.512 e. The lowest BCUT2D eigenvalue weighted by Gasteiger charge is -2.14. The molecule has 8 nitrogen and oxygen atoms in total. The van der Waals surface area contributed by atoms with E-state index in [0.29, 0.717) is 29.2 Å². The summed E-state index contributed by atoms with van der Waals surface area (Å²) in [5, 5.41) is 13.1. The first-order chi connectivity index (χ1) is 16.5. The van der Waals surface area contributed by atoms with Crippen LogP contribution < -0.4 is 11.1 Å². The van der Waals surface area contributed by atoms with Crippen LogP contribution in [-0.2, 0) is 19.4 Å². The second kappa shape index (κ2) is 13.3. The molecule has 0 radical (unpaired) electrons. The van der Waals surface area contributed by atoms with Gasteiger partial charge in [-0.25, -0.2) is 4.98 Å². The highest BCUT2D eigenvalue weighted by Crippen LogP contribution is 2.13. The number of aromatic nitrogens is 4. The number of aromatic amines is 2. The third-order valence-corrected chi connectivity index (χ3v) is 5.63. The fraction of sp³-hybridized carbons (Fsp3) is 0.423. The summed E-state index contributed by atoms with van der Waals surface area (Å²) in [6, 6.07) is 0. The van der Waals surface area contributed by atoms with Gasteiger partial charge in [-0.15, -0.1) is 0 Å². The molecule has 0 aliphatic carbocycles. The molecule has 0 atom stereocenters. The van der Waals surface area contributed by atoms with Gasteiger partial charge in [0.15, 0.2) is 0 Å². The molecule has 8 heteroatoms. The van der Waals surface area contributed by atoms with E-state index in [1.54, 1.807) is 35.9 Å². The lowest BCUT2D eigenvalue weighted by molar-refractivity contribution is 0.313. The summed E-state index contributed by atoms with van der Waals surface area (Å²) in [5.41, 5.74) is 1.85. The van der Waals surface area contributed by atoms with E-state index in [1.807, 2.05) is 13.8 Å². The molecule has 3 heterocycles. The Morgan fingerprint density at radius 3 is 2.47 bits per heavy atom. The zero-order chi connectivity index (χ0) is 25.1. The number of hydrogen-bond donors (Lipinski definition) is 3. The van der Waals surface area contributed by atoms with Gasteiger partial charge >= 0.3 is 0 Å². The van der Waals surface area contributed by atoms with Crippen LogP contribution in [0.5, 0.6) is 0 Å². The number of aliphatic hydroxyl groups excluding tert-OH is 1. The Balaban J connectivity index is 0.00000199. The van der Waals surface area contributed by atoms with Gasteiger partial charge in [-0.05, 0) is 51.1 Å². The maximum absolute atomic E-state index is 13.0. The van der Waals surface area contributed by atoms with E-state index in [0.717, 1.165) is 19.6 Å². The Bertz CT molecular complexity index is 1140. The summed E-state index contributed by atoms with van der Waals surface area (Å²) >= 11 is 0. The topological polar surface area (TPSA) is 107 Å². The van der Waals surface area contributed by atoms with Crippen molar-refractivity contribution in [2.24, 2.45) is 0 Å². The number of nitrogens with one attached hydrogen (secondary N) is 2. The Labute approximate surface area is 201 Å². The molecular formula is C26H37N5O3. The molecule has 1 aliphatic heterocycles. The summed E-state index contributed by atoms with van der Waals surface area (Å²) in [7, 11) is 0. The molecule has 2 aromatic heterocycles. The molecule has 0 spiro atoms. The average molecular weight is 468 g/mol. The van der Waals surface area contributed by atoms with E-state index in [9.17, 15) is 14.7 Å². The van der Waals surface area contributed by atoms with Crippen molar-refractivity contribution in [3.8, 4) is 0 Å². The average Bonchev–Trinajstić information content (AvgIpc) is 3.47. The van der Waals surface area contributed by atoms with Crippen molar-refractivity contribution in [1.29, 1.82) is 0 Å². The third-order valence-electron chi connectivity index (χ3n) is 5.63. The molecule has 184 valence electrons. The maximum Gasteiger partial charge on any atom is 0.274 e. The van der Waals surface area contributed by atoms with E-state index < -0.39 is 0 Å². The fourth-order valence-corrected chi connectivity index (χ4v) is 3.83. The van der Waals surface area contributed by atoms with Gasteiger partial charge < -0.3 is 15.0 Å². The number of likely N-dealkylation sites (tertiary alicyclic amines) is 1. The summed E-state index contributed by atoms with van der Waals surface area (Å²) < 4.78 is 1.59. The number of aliphatic hydroxyl groups is 1. The van der Waals surface area contributed by atoms with Crippen LogP contribution in [0.15, 0.2) is 46.7 Å². The molecular weight excluding hydrogens is 430 g/mol. The first kappa shape index (κ1) is 26.9. The van der Waals surface area contributed by atoms with Gasteiger partial charge in [0.25, 0.3) is 11.1 Å². The fourth-order valence-electron chi connectivity index (χ4n) is 3.83. The lowest BCUT2D eigenvalue weighted by Crippen LogP contribution is -2.28. The molecule has 0 aromatic carbocycles. The molecule has 2 aromatic rings. The van der Waals surface area contributed by atoms with Gasteiger partial charge in [0.2, 0.25) is 0 Å². The van der Waals surface area contributed by atoms with Crippen LogP contribution in [0, 0.1) is 0 Å². The Morgan fingerprint density at radius 1 is 1.15 bits per heavy atom. The SMILES string of the molecule is C=C/C=C\c1c(Cc2nc(C/C(O)=C\C)c(C=C)[nH]c2=O)[nH]n(CCN2CCCC2)c1=O.CC. The number of allylic oxidation sites excluding steroid dienone is 4. The quantitative estimate of drug-likeness (QED) is 0.364. The van der Waals surface area contributed by atoms with Crippen molar-refractivity contribution in [3.05, 3.63) is 86.2 Å². The lowest BCUT2D eigenvalue weighted by atomic mass is 10.1. The Kier molecular flexibility index (Phi) is 10.5. The van der Waals surface area contributed by atoms with E-state index in [1.165, 1.54) is 18.9 Å². The van der Waals surface area contributed by atoms with Gasteiger partial charge in [0.05, 0.1) is 34.9 Å². The predicted molar refractivity (Wildman–Crippen MR) is 139 cm³/mol. The second-order valence-electron chi connectivity index (χ2n) is 7.82. The normalized spacial score (nSPS) is 14.3. The van der Waals surface area contributed by atoms with E-state index in [2.05, 4.69) is 33.1 Å². The summed E-state index contributed by atoms with van der Waals surface area (Å²) in [6.45, 7) is 16.6. The van der Waals surface area contributed by atoms with Gasteiger partial charge in [-0.2, -0.15) is 0 Å². The van der Waals surface area contributed by atoms with Crippen molar-refractivity contribution in [3.63, 3.8) is 0 Å². The molecule has 1 saturated heterocycles. The first-order valence-electron chi connectivity index (χ1n) is 11.9. The van der Waals surface area contributed by atoms with E-state index >= 15 is 0 Å². The second-order valence-corrected chi connectivity index (χ2v) is 7.82. The number of nitrogens with zero attached hydrogens (tertiary/aromatic N) is 3. The van der Waals surface area contributed by atoms with E-state index in [-0.39, 0.29) is 35.4 Å². The van der Waals surface area contributed by atoms with Crippen LogP contribution in [0.2, 0.25) is 0 Å². The number of H-pyrrole nitrogens is 2. The summed E-state index contributed by atoms with van der Waals surface area (Å²) in [5.74, 6) is 0.148. The van der Waals surface area contributed by atoms with Crippen molar-refractivity contribution in [2.45, 2.75) is 53.0 Å². The molecule has 0 unspecified atom stereocenters. The predicted octanol–water partition coefficient (Wildman–Crippen LogP) is 3.82. The minimum absolute atomic E-state index is 0.136. The standard InChI is InChI=1S/C24H31N5O3.C2H6/c1-4-7-10-18-20(27-29(24(18)32)14-13-28-11-8-9-12-28)16-22-23(31)26-19(6-3)21(25-22)15-17(30)5-2;1-2/h4-7,10,27,30H,1,3,8-9,11-16H2,2H3,(H,26,31);1-2H3/b10-7-,17-5+;. The zero-order valence-electron chi connectivity index (χ0n) is 20.6. The zero-order valence-corrected chi connectivity index (χ0v) is 20.6. The first-order valence-corrected chi connectivity index (χ1v) is 11.9. The van der Waals surface area contributed by atoms with Gasteiger partial charge in [-0.1, -0.05) is 39.2 Å². The van der Waals surface area contributed by atoms with Crippen molar-refractivity contribution in [1.82, 2.24) is 24.6 Å². The Hall–Kier alpha value is -3.39. The molecule has 3 N–H and O–H groups in total. The highest BCUT2D eigenvalue weighted by Gasteiger charge is 2.18. The highest BCUT2D eigenvalue weighted by molar-refractivity contribution is 5.53. The van der Waals surface area contributed by atoms with Crippen LogP contribution in [0.3, 0.4) is 0 Å². The van der Waals surface area contributed by atoms with Crippen LogP contribution in [0.4, 0.5) is 0 Å². The third kappa shape index (κ3) is 6.81. The van der Waals surface area contributed by atoms with Gasteiger partial charge in [0.1, 0.15) is 5.69 Å². The Morgan fingerprint density at radius 2 is 1.85 bits per heavy atom. The monoisotopic (exact) mass is 467 g/mol. The molecule has 3 rings (SSSR count). The molecule has 1 aliphatic rings. The van der Waals surface area contributed by atoms with Crippen LogP contribution in [0.1, 0.15) is 62.0 Å². The minimum atomic E-state index is -0.354. The van der Waals surface area contributed by atoms with Crippen LogP contribution >= 0.6 is 0 Å². The van der Waals surface area contributed by atoms with Crippen molar-refractivity contribution < 1.29 is 5.11 Å². The van der Waals surface area contributed by atoms with Crippen molar-refractivity contribution >= 4 is 12.2 Å². The minimum Gasteiger partial charge on any atom is -0.512 e.